The molecule has 0 atom stereocenters. The first-order valence-electron chi connectivity index (χ1n) is 6.38. The fourth-order valence-electron chi connectivity index (χ4n) is 1.88. The van der Waals surface area contributed by atoms with E-state index in [1.165, 1.54) is 56.2 Å². The molecule has 1 rings (SSSR count). The van der Waals surface area contributed by atoms with Crippen molar-refractivity contribution < 1.29 is 0 Å². The number of aryl methyl sites for hydroxylation is 2. The smallest absolute Gasteiger partial charge is 0.00480 e. The van der Waals surface area contributed by atoms with Crippen LogP contribution in [0.4, 0.5) is 0 Å². The van der Waals surface area contributed by atoms with Gasteiger partial charge in [-0.1, -0.05) is 45.4 Å². The van der Waals surface area contributed by atoms with E-state index in [-0.39, 0.29) is 0 Å². The number of thiophene rings is 1. The summed E-state index contributed by atoms with van der Waals surface area (Å²) in [5.74, 6) is 0. The third kappa shape index (κ3) is 5.99. The Morgan fingerprint density at radius 2 is 1.60 bits per heavy atom. The molecule has 0 bridgehead atoms. The van der Waals surface area contributed by atoms with Gasteiger partial charge in [-0.05, 0) is 31.9 Å². The van der Waals surface area contributed by atoms with Gasteiger partial charge in [-0.15, -0.1) is 11.3 Å². The van der Waals surface area contributed by atoms with Gasteiger partial charge in [0, 0.05) is 9.75 Å². The molecule has 0 saturated heterocycles. The molecular weight excluding hydrogens is 200 g/mol. The molecule has 0 aliphatic carbocycles. The van der Waals surface area contributed by atoms with Crippen molar-refractivity contribution in [2.75, 3.05) is 0 Å². The summed E-state index contributed by atoms with van der Waals surface area (Å²) in [6.45, 7) is 4.47. The van der Waals surface area contributed by atoms with Crippen LogP contribution in [0.3, 0.4) is 0 Å². The van der Waals surface area contributed by atoms with E-state index in [0.29, 0.717) is 0 Å². The zero-order valence-corrected chi connectivity index (χ0v) is 11.0. The van der Waals surface area contributed by atoms with Crippen molar-refractivity contribution in [3.8, 4) is 0 Å². The van der Waals surface area contributed by atoms with Crippen LogP contribution in [0.5, 0.6) is 0 Å². The highest BCUT2D eigenvalue weighted by Crippen LogP contribution is 2.18. The standard InChI is InChI=1S/C14H24S/c1-3-4-5-6-7-8-9-10-14-12-11-13(2)15-14/h11-12H,3-10H2,1-2H3. The minimum atomic E-state index is 1.30. The van der Waals surface area contributed by atoms with Crippen molar-refractivity contribution in [1.29, 1.82) is 0 Å². The zero-order valence-electron chi connectivity index (χ0n) is 10.2. The highest BCUT2D eigenvalue weighted by molar-refractivity contribution is 7.11. The normalized spacial score (nSPS) is 10.8. The van der Waals surface area contributed by atoms with Crippen LogP contribution in [0, 0.1) is 6.92 Å². The maximum Gasteiger partial charge on any atom is 0.00480 e. The van der Waals surface area contributed by atoms with Gasteiger partial charge in [0.15, 0.2) is 0 Å². The van der Waals surface area contributed by atoms with Gasteiger partial charge in [0.2, 0.25) is 0 Å². The van der Waals surface area contributed by atoms with E-state index in [2.05, 4.69) is 26.0 Å². The van der Waals surface area contributed by atoms with Gasteiger partial charge in [-0.2, -0.15) is 0 Å². The maximum atomic E-state index is 2.29. The summed E-state index contributed by atoms with van der Waals surface area (Å²) in [6, 6.07) is 4.53. The molecule has 0 amide bonds. The molecule has 0 spiro atoms. The van der Waals surface area contributed by atoms with E-state index >= 15 is 0 Å². The summed E-state index contributed by atoms with van der Waals surface area (Å²) in [7, 11) is 0. The van der Waals surface area contributed by atoms with Gasteiger partial charge >= 0.3 is 0 Å². The fourth-order valence-corrected chi connectivity index (χ4v) is 2.81. The van der Waals surface area contributed by atoms with Crippen LogP contribution in [-0.2, 0) is 6.42 Å². The van der Waals surface area contributed by atoms with Crippen LogP contribution in [0.2, 0.25) is 0 Å². The summed E-state index contributed by atoms with van der Waals surface area (Å²) in [5, 5.41) is 0. The molecule has 15 heavy (non-hydrogen) atoms. The molecule has 0 fully saturated rings. The third-order valence-electron chi connectivity index (χ3n) is 2.82. The predicted molar refractivity (Wildman–Crippen MR) is 70.8 cm³/mol. The van der Waals surface area contributed by atoms with Crippen LogP contribution in [-0.4, -0.2) is 0 Å². The quantitative estimate of drug-likeness (QED) is 0.522. The van der Waals surface area contributed by atoms with Crippen molar-refractivity contribution in [1.82, 2.24) is 0 Å². The molecule has 0 aliphatic rings. The second kappa shape index (κ2) is 7.92. The molecule has 1 heterocycles. The molecule has 0 radical (unpaired) electrons. The molecule has 0 nitrogen and oxygen atoms in total. The van der Waals surface area contributed by atoms with Crippen LogP contribution >= 0.6 is 11.3 Å². The van der Waals surface area contributed by atoms with Crippen LogP contribution < -0.4 is 0 Å². The third-order valence-corrected chi connectivity index (χ3v) is 3.88. The first-order valence-corrected chi connectivity index (χ1v) is 7.20. The Morgan fingerprint density at radius 1 is 0.933 bits per heavy atom. The van der Waals surface area contributed by atoms with Crippen molar-refractivity contribution in [2.45, 2.75) is 65.2 Å². The van der Waals surface area contributed by atoms with E-state index in [9.17, 15) is 0 Å². The predicted octanol–water partition coefficient (Wildman–Crippen LogP) is 5.35. The molecule has 0 saturated carbocycles. The van der Waals surface area contributed by atoms with Crippen molar-refractivity contribution in [3.63, 3.8) is 0 Å². The molecule has 86 valence electrons. The summed E-state index contributed by atoms with van der Waals surface area (Å²) in [5.41, 5.74) is 0. The number of hydrogen-bond donors (Lipinski definition) is 0. The van der Waals surface area contributed by atoms with Crippen LogP contribution in [0.1, 0.15) is 61.6 Å². The SMILES string of the molecule is CCCCCCCCCc1ccc(C)s1. The monoisotopic (exact) mass is 224 g/mol. The molecule has 0 aromatic carbocycles. The highest BCUT2D eigenvalue weighted by Gasteiger charge is 1.96. The molecular formula is C14H24S. The van der Waals surface area contributed by atoms with Crippen molar-refractivity contribution in [2.24, 2.45) is 0 Å². The second-order valence-electron chi connectivity index (χ2n) is 4.38. The number of unbranched alkanes of at least 4 members (excludes halogenated alkanes) is 6. The van der Waals surface area contributed by atoms with Gasteiger partial charge in [0.1, 0.15) is 0 Å². The Kier molecular flexibility index (Phi) is 6.74. The van der Waals surface area contributed by atoms with Crippen molar-refractivity contribution in [3.05, 3.63) is 21.9 Å². The van der Waals surface area contributed by atoms with Gasteiger partial charge in [-0.3, -0.25) is 0 Å². The average Bonchev–Trinajstić information content (AvgIpc) is 2.63. The Morgan fingerprint density at radius 3 is 2.20 bits per heavy atom. The van der Waals surface area contributed by atoms with E-state index in [1.54, 1.807) is 4.88 Å². The summed E-state index contributed by atoms with van der Waals surface area (Å²) >= 11 is 1.96. The molecule has 1 aromatic heterocycles. The van der Waals surface area contributed by atoms with E-state index in [0.717, 1.165) is 0 Å². The minimum Gasteiger partial charge on any atom is -0.146 e. The van der Waals surface area contributed by atoms with Crippen LogP contribution in [0.15, 0.2) is 12.1 Å². The number of hydrogen-bond acceptors (Lipinski definition) is 1. The summed E-state index contributed by atoms with van der Waals surface area (Å²) in [6.07, 6.45) is 11.2. The molecule has 0 unspecified atom stereocenters. The van der Waals surface area contributed by atoms with E-state index < -0.39 is 0 Å². The Balaban J connectivity index is 1.93. The van der Waals surface area contributed by atoms with Gasteiger partial charge in [-0.25, -0.2) is 0 Å². The molecule has 0 N–H and O–H groups in total. The van der Waals surface area contributed by atoms with Gasteiger partial charge < -0.3 is 0 Å². The lowest BCUT2D eigenvalue weighted by molar-refractivity contribution is 0.590. The lowest BCUT2D eigenvalue weighted by Gasteiger charge is -1.99. The lowest BCUT2D eigenvalue weighted by atomic mass is 10.1. The highest BCUT2D eigenvalue weighted by atomic mass is 32.1. The Hall–Kier alpha value is -0.300. The van der Waals surface area contributed by atoms with Gasteiger partial charge in [0.25, 0.3) is 0 Å². The first-order chi connectivity index (χ1) is 7.33. The Bertz CT molecular complexity index is 250. The average molecular weight is 224 g/mol. The summed E-state index contributed by atoms with van der Waals surface area (Å²) in [4.78, 5) is 3.02. The topological polar surface area (TPSA) is 0 Å². The van der Waals surface area contributed by atoms with Gasteiger partial charge in [0.05, 0.1) is 0 Å². The largest absolute Gasteiger partial charge is 0.146 e. The van der Waals surface area contributed by atoms with Crippen molar-refractivity contribution >= 4 is 11.3 Å². The number of rotatable bonds is 8. The summed E-state index contributed by atoms with van der Waals surface area (Å²) < 4.78 is 0. The fraction of sp³-hybridized carbons (Fsp3) is 0.714. The Labute approximate surface area is 98.7 Å². The van der Waals surface area contributed by atoms with E-state index in [1.807, 2.05) is 11.3 Å². The van der Waals surface area contributed by atoms with Crippen LogP contribution in [0.25, 0.3) is 0 Å². The molecule has 1 aromatic rings. The minimum absolute atomic E-state index is 1.30. The first kappa shape index (κ1) is 12.8. The zero-order chi connectivity index (χ0) is 10.9. The second-order valence-corrected chi connectivity index (χ2v) is 5.76. The molecule has 0 aliphatic heterocycles. The maximum absolute atomic E-state index is 2.29. The van der Waals surface area contributed by atoms with E-state index in [4.69, 9.17) is 0 Å². The molecule has 1 heteroatoms. The lowest BCUT2D eigenvalue weighted by Crippen LogP contribution is -1.82.